The molecule has 0 fully saturated rings. The van der Waals surface area contributed by atoms with Crippen LogP contribution in [0.5, 0.6) is 23.0 Å². The summed E-state index contributed by atoms with van der Waals surface area (Å²) in [5.41, 5.74) is 39.1. The molecule has 0 atom stereocenters. The van der Waals surface area contributed by atoms with Crippen molar-refractivity contribution in [3.63, 3.8) is 0 Å². The van der Waals surface area contributed by atoms with E-state index in [-0.39, 0.29) is 20.1 Å². The molecule has 103 heavy (non-hydrogen) atoms. The van der Waals surface area contributed by atoms with E-state index in [1.54, 1.807) is 35.8 Å². The van der Waals surface area contributed by atoms with Gasteiger partial charge in [-0.1, -0.05) is 124 Å². The largest absolute Gasteiger partial charge is 0.458 e. The van der Waals surface area contributed by atoms with Gasteiger partial charge in [0.2, 0.25) is 0 Å². The molecular formula is C88H66B3N7O2S3. The fraction of sp³-hybridized carbons (Fsp3) is 0.114. The second kappa shape index (κ2) is 21.5. The van der Waals surface area contributed by atoms with Gasteiger partial charge in [-0.3, -0.25) is 12.9 Å². The van der Waals surface area contributed by atoms with E-state index in [4.69, 9.17) is 9.47 Å². The highest BCUT2D eigenvalue weighted by Gasteiger charge is 2.50. The van der Waals surface area contributed by atoms with Crippen molar-refractivity contribution in [2.45, 2.75) is 48.5 Å². The molecule has 0 aliphatic carbocycles. The van der Waals surface area contributed by atoms with Crippen molar-refractivity contribution < 1.29 is 9.47 Å². The van der Waals surface area contributed by atoms with Gasteiger partial charge < -0.3 is 28.5 Å². The maximum Gasteiger partial charge on any atom is 0.256 e. The topological polar surface area (TPSA) is 55.0 Å². The molecule has 3 aromatic heterocycles. The number of nitrogens with one attached hydrogen (secondary N) is 1. The zero-order chi connectivity index (χ0) is 69.0. The number of anilines is 8. The Morgan fingerprint density at radius 3 is 1.11 bits per heavy atom. The quantitative estimate of drug-likeness (QED) is 0.130. The Bertz CT molecular complexity index is 6490. The molecule has 1 N–H and O–H groups in total. The minimum Gasteiger partial charge on any atom is -0.458 e. The molecule has 22 rings (SSSR count). The molecule has 16 aromatic rings. The number of fused-ring (bicyclic) bond motifs is 21. The van der Waals surface area contributed by atoms with E-state index >= 15 is 0 Å². The van der Waals surface area contributed by atoms with Crippen molar-refractivity contribution >= 4 is 216 Å². The summed E-state index contributed by atoms with van der Waals surface area (Å²) >= 11 is 5.34. The first-order chi connectivity index (χ1) is 50.2. The Kier molecular flexibility index (Phi) is 12.5. The SMILES string of the molecule is CSN1c2cc3c(cc2B2c4cc(C)ccc4Oc4cc(-n5c6ccc(C)cc6c6cc(C)ccc65)cc1c42)B1c2cc4c(cc2N(SC)c2cc(-n5c6ccc(C)cc6c6cc(C)ccc65)cc(c21)N3SC)Nc1cc(-n2c3ccccc3c3cc(C)ccc32)cc2c1B4c1cc(C)ccc1O2. The van der Waals surface area contributed by atoms with Crippen LogP contribution in [0.3, 0.4) is 0 Å². The van der Waals surface area contributed by atoms with Gasteiger partial charge in [0.1, 0.15) is 23.0 Å². The zero-order valence-corrected chi connectivity index (χ0v) is 61.1. The van der Waals surface area contributed by atoms with Gasteiger partial charge in [-0.15, -0.1) is 0 Å². The zero-order valence-electron chi connectivity index (χ0n) is 58.7. The third-order valence-corrected chi connectivity index (χ3v) is 25.4. The number of aryl methyl sites for hydroxylation is 7. The van der Waals surface area contributed by atoms with Crippen molar-refractivity contribution in [2.75, 3.05) is 37.0 Å². The van der Waals surface area contributed by atoms with Crippen LogP contribution in [-0.4, -0.2) is 52.6 Å². The first-order valence-corrected chi connectivity index (χ1v) is 39.1. The Labute approximate surface area is 611 Å². The lowest BCUT2D eigenvalue weighted by Crippen LogP contribution is -2.65. The fourth-order valence-electron chi connectivity index (χ4n) is 18.9. The summed E-state index contributed by atoms with van der Waals surface area (Å²) in [6.07, 6.45) is 6.76. The molecule has 0 bridgehead atoms. The molecular weight excluding hydrogens is 1320 g/mol. The van der Waals surface area contributed by atoms with Crippen LogP contribution in [-0.2, 0) is 0 Å². The van der Waals surface area contributed by atoms with Gasteiger partial charge in [-0.25, -0.2) is 0 Å². The summed E-state index contributed by atoms with van der Waals surface area (Å²) in [6, 6.07) is 81.7. The molecule has 15 heteroatoms. The number of rotatable bonds is 6. The number of hydrogen-bond donors (Lipinski definition) is 1. The van der Waals surface area contributed by atoms with Gasteiger partial charge in [0.25, 0.3) is 20.1 Å². The van der Waals surface area contributed by atoms with Crippen LogP contribution in [0.25, 0.3) is 82.5 Å². The Morgan fingerprint density at radius 1 is 0.272 bits per heavy atom. The Morgan fingerprint density at radius 2 is 0.631 bits per heavy atom. The molecule has 0 spiro atoms. The summed E-state index contributed by atoms with van der Waals surface area (Å²) in [7, 11) is 0. The molecule has 9 heterocycles. The van der Waals surface area contributed by atoms with Gasteiger partial charge >= 0.3 is 0 Å². The van der Waals surface area contributed by atoms with Crippen molar-refractivity contribution in [2.24, 2.45) is 0 Å². The smallest absolute Gasteiger partial charge is 0.256 e. The van der Waals surface area contributed by atoms with Crippen LogP contribution in [0.2, 0.25) is 0 Å². The van der Waals surface area contributed by atoms with E-state index in [1.807, 2.05) is 0 Å². The van der Waals surface area contributed by atoms with Crippen LogP contribution >= 0.6 is 35.8 Å². The van der Waals surface area contributed by atoms with E-state index in [1.165, 1.54) is 160 Å². The minimum absolute atomic E-state index is 0.138. The monoisotopic (exact) mass is 1380 g/mol. The number of nitrogens with zero attached hydrogens (tertiary/aromatic N) is 6. The molecule has 6 aliphatic rings. The third-order valence-electron chi connectivity index (χ3n) is 23.1. The molecule has 0 radical (unpaired) electrons. The van der Waals surface area contributed by atoms with Crippen LogP contribution in [0.1, 0.15) is 38.9 Å². The number of benzene rings is 13. The predicted octanol–water partition coefficient (Wildman–Crippen LogP) is 17.1. The highest BCUT2D eigenvalue weighted by atomic mass is 32.2. The van der Waals surface area contributed by atoms with Crippen LogP contribution in [0, 0.1) is 48.5 Å². The predicted molar refractivity (Wildman–Crippen MR) is 446 cm³/mol. The van der Waals surface area contributed by atoms with Crippen molar-refractivity contribution in [1.29, 1.82) is 0 Å². The maximum absolute atomic E-state index is 7.35. The standard InChI is InChI=1S/C88H66B3N7O2S3/c1-46-15-22-71-57(29-46)56-13-11-12-14-70(56)93(71)53-36-69-86-84(40-53)99-82-27-20-51(6)34-66(82)89(86)62-42-63-76(44-68(62)92-69)96(101-8)79-37-54(94-72-23-16-47(2)30-58(72)59-31-48(3)17-24-73(59)94)38-80-87(79)90(63)64-43-65-78(45-77(64)97(80)102-9)98(103-10)81-39-55(41-85-88(81)91(65)67-35-52(7)21-28-83(67)100-85)95-74-25-18-49(4)32-60(74)61-33-50(5)19-26-75(61)95/h11-45,92H,1-10H3. The lowest BCUT2D eigenvalue weighted by atomic mass is 9.29. The second-order valence-electron chi connectivity index (χ2n) is 29.4. The first-order valence-electron chi connectivity index (χ1n) is 35.6. The molecule has 13 aromatic carbocycles. The number of ether oxygens (including phenoxy) is 2. The average molecular weight is 1380 g/mol. The molecule has 492 valence electrons. The maximum atomic E-state index is 7.35. The lowest BCUT2D eigenvalue weighted by molar-refractivity contribution is 0.487. The first kappa shape index (κ1) is 59.9. The van der Waals surface area contributed by atoms with Gasteiger partial charge in [-0.2, -0.15) is 0 Å². The average Bonchev–Trinajstić information content (AvgIpc) is 1.66. The van der Waals surface area contributed by atoms with Gasteiger partial charge in [0.05, 0.1) is 67.2 Å². The summed E-state index contributed by atoms with van der Waals surface area (Å²) in [5, 5.41) is 11.7. The van der Waals surface area contributed by atoms with Crippen LogP contribution < -0.4 is 76.9 Å². The second-order valence-corrected chi connectivity index (χ2v) is 31.6. The van der Waals surface area contributed by atoms with Gasteiger partial charge in [-0.05, 0) is 249 Å². The van der Waals surface area contributed by atoms with E-state index in [2.05, 4.69) is 311 Å². The number of para-hydroxylation sites is 1. The van der Waals surface area contributed by atoms with Gasteiger partial charge in [0.15, 0.2) is 0 Å². The van der Waals surface area contributed by atoms with Crippen molar-refractivity contribution in [1.82, 2.24) is 13.7 Å². The van der Waals surface area contributed by atoms with Crippen LogP contribution in [0.15, 0.2) is 212 Å². The van der Waals surface area contributed by atoms with E-state index in [0.29, 0.717) is 0 Å². The highest BCUT2D eigenvalue weighted by Crippen LogP contribution is 2.50. The molecule has 0 amide bonds. The van der Waals surface area contributed by atoms with Crippen LogP contribution in [0.4, 0.5) is 45.5 Å². The lowest BCUT2D eigenvalue weighted by Gasteiger charge is -2.45. The van der Waals surface area contributed by atoms with Crippen molar-refractivity contribution in [3.05, 3.63) is 251 Å². The summed E-state index contributed by atoms with van der Waals surface area (Å²) in [5.74, 6) is 3.53. The molecule has 0 unspecified atom stereocenters. The number of aromatic nitrogens is 3. The summed E-state index contributed by atoms with van der Waals surface area (Å²) in [6.45, 7) is 15.0. The van der Waals surface area contributed by atoms with E-state index in [0.717, 1.165) is 79.3 Å². The van der Waals surface area contributed by atoms with Gasteiger partial charge in [0, 0.05) is 91.7 Å². The normalized spacial score (nSPS) is 14.0. The fourth-order valence-corrected chi connectivity index (χ4v) is 21.0. The molecule has 6 aliphatic heterocycles. The molecule has 9 nitrogen and oxygen atoms in total. The highest BCUT2D eigenvalue weighted by molar-refractivity contribution is 8.01. The minimum atomic E-state index is -0.195. The van der Waals surface area contributed by atoms with Crippen molar-refractivity contribution in [3.8, 4) is 40.1 Å². The molecule has 0 saturated carbocycles. The Hall–Kier alpha value is -10.7. The Balaban J connectivity index is 0.805. The third kappa shape index (κ3) is 8.24. The van der Waals surface area contributed by atoms with E-state index in [9.17, 15) is 0 Å². The number of hydrogen-bond acceptors (Lipinski definition) is 9. The summed E-state index contributed by atoms with van der Waals surface area (Å²) in [4.78, 5) is 0. The van der Waals surface area contributed by atoms with E-state index < -0.39 is 0 Å². The summed E-state index contributed by atoms with van der Waals surface area (Å²) < 4.78 is 29.6. The molecule has 0 saturated heterocycles.